The molecule has 2 rings (SSSR count). The van der Waals surface area contributed by atoms with Gasteiger partial charge in [0, 0.05) is 35.2 Å². The average molecular weight is 438 g/mol. The highest BCUT2D eigenvalue weighted by atomic mass is 19.2. The van der Waals surface area contributed by atoms with Crippen LogP contribution in [0.5, 0.6) is 0 Å². The Kier molecular flexibility index (Phi) is 8.94. The van der Waals surface area contributed by atoms with Gasteiger partial charge in [-0.1, -0.05) is 43.4 Å². The molecule has 5 heteroatoms. The van der Waals surface area contributed by atoms with Crippen molar-refractivity contribution in [3.8, 4) is 0 Å². The number of allylic oxidation sites excluding steroid dienone is 8. The lowest BCUT2D eigenvalue weighted by Crippen LogP contribution is -2.17. The van der Waals surface area contributed by atoms with E-state index in [1.54, 1.807) is 38.4 Å². The topological polar surface area (TPSA) is 36.4 Å². The van der Waals surface area contributed by atoms with Gasteiger partial charge in [-0.15, -0.1) is 0 Å². The Labute approximate surface area is 190 Å². The maximum absolute atomic E-state index is 14.3. The van der Waals surface area contributed by atoms with Gasteiger partial charge in [0.2, 0.25) is 0 Å². The Bertz CT molecular complexity index is 1040. The summed E-state index contributed by atoms with van der Waals surface area (Å²) in [6, 6.07) is 6.11. The molecule has 0 spiro atoms. The van der Waals surface area contributed by atoms with Gasteiger partial charge in [-0.25, -0.2) is 8.78 Å². The summed E-state index contributed by atoms with van der Waals surface area (Å²) in [5.41, 5.74) is 5.89. The summed E-state index contributed by atoms with van der Waals surface area (Å²) in [5, 5.41) is 6.61. The second kappa shape index (κ2) is 11.4. The maximum Gasteiger partial charge on any atom is 0.158 e. The molecular formula is C27H33F2N3. The van der Waals surface area contributed by atoms with E-state index in [1.807, 2.05) is 45.2 Å². The number of benzene rings is 1. The maximum atomic E-state index is 14.3. The summed E-state index contributed by atoms with van der Waals surface area (Å²) >= 11 is 0. The van der Waals surface area contributed by atoms with Crippen LogP contribution in [0.25, 0.3) is 5.57 Å². The first-order chi connectivity index (χ1) is 15.1. The molecule has 1 aliphatic carbocycles. The van der Waals surface area contributed by atoms with Crippen molar-refractivity contribution < 1.29 is 8.78 Å². The third kappa shape index (κ3) is 6.39. The largest absolute Gasteiger partial charge is 0.348 e. The minimum atomic E-state index is -1.61. The normalized spacial score (nSPS) is 20.2. The lowest BCUT2D eigenvalue weighted by atomic mass is 9.92. The monoisotopic (exact) mass is 437 g/mol. The van der Waals surface area contributed by atoms with E-state index >= 15 is 0 Å². The van der Waals surface area contributed by atoms with Crippen molar-refractivity contribution in [3.63, 3.8) is 0 Å². The zero-order valence-electron chi connectivity index (χ0n) is 19.8. The van der Waals surface area contributed by atoms with Crippen LogP contribution >= 0.6 is 0 Å². The highest BCUT2D eigenvalue weighted by Gasteiger charge is 2.26. The molecule has 0 bridgehead atoms. The van der Waals surface area contributed by atoms with Gasteiger partial charge in [0.1, 0.15) is 11.6 Å². The van der Waals surface area contributed by atoms with E-state index < -0.39 is 17.9 Å². The molecule has 0 aromatic heterocycles. The Morgan fingerprint density at radius 2 is 1.94 bits per heavy atom. The van der Waals surface area contributed by atoms with Crippen LogP contribution in [0, 0.1) is 12.8 Å². The van der Waals surface area contributed by atoms with E-state index in [0.717, 1.165) is 33.8 Å². The van der Waals surface area contributed by atoms with Gasteiger partial charge < -0.3 is 10.6 Å². The van der Waals surface area contributed by atoms with E-state index in [9.17, 15) is 8.78 Å². The number of nitrogens with one attached hydrogen (secondary N) is 2. The molecule has 1 aromatic rings. The molecule has 2 N–H and O–H groups in total. The lowest BCUT2D eigenvalue weighted by Gasteiger charge is -2.19. The molecule has 2 atom stereocenters. The number of aryl methyl sites for hydroxylation is 1. The molecule has 0 heterocycles. The first-order valence-electron chi connectivity index (χ1n) is 10.7. The van der Waals surface area contributed by atoms with E-state index in [0.29, 0.717) is 5.57 Å². The van der Waals surface area contributed by atoms with E-state index in [1.165, 1.54) is 0 Å². The number of hydrogen-bond donors (Lipinski definition) is 2. The minimum Gasteiger partial charge on any atom is -0.348 e. The van der Waals surface area contributed by atoms with Crippen LogP contribution < -0.4 is 10.6 Å². The Balaban J connectivity index is 2.26. The van der Waals surface area contributed by atoms with Gasteiger partial charge in [0.25, 0.3) is 0 Å². The molecule has 0 fully saturated rings. The van der Waals surface area contributed by atoms with Gasteiger partial charge in [-0.2, -0.15) is 0 Å². The molecule has 3 nitrogen and oxygen atoms in total. The third-order valence-corrected chi connectivity index (χ3v) is 5.23. The highest BCUT2D eigenvalue weighted by molar-refractivity contribution is 5.80. The van der Waals surface area contributed by atoms with Crippen molar-refractivity contribution in [2.45, 2.75) is 47.7 Å². The van der Waals surface area contributed by atoms with Crippen LogP contribution in [-0.2, 0) is 0 Å². The number of alkyl halides is 1. The number of nitrogens with zero attached hydrogens (tertiary/aromatic N) is 1. The molecule has 1 aromatic carbocycles. The van der Waals surface area contributed by atoms with E-state index in [4.69, 9.17) is 0 Å². The average Bonchev–Trinajstić information content (AvgIpc) is 2.74. The van der Waals surface area contributed by atoms with Crippen LogP contribution in [0.2, 0.25) is 0 Å². The van der Waals surface area contributed by atoms with Crippen LogP contribution in [0.1, 0.15) is 45.7 Å². The number of hydrogen-bond acceptors (Lipinski definition) is 3. The first-order valence-corrected chi connectivity index (χ1v) is 10.7. The van der Waals surface area contributed by atoms with Crippen molar-refractivity contribution >= 4 is 17.5 Å². The van der Waals surface area contributed by atoms with Gasteiger partial charge in [-0.3, -0.25) is 4.99 Å². The second-order valence-corrected chi connectivity index (χ2v) is 8.11. The molecule has 0 saturated heterocycles. The van der Waals surface area contributed by atoms with Gasteiger partial charge in [-0.05, 0) is 69.7 Å². The number of halogens is 2. The molecular weight excluding hydrogens is 404 g/mol. The summed E-state index contributed by atoms with van der Waals surface area (Å²) in [6.45, 7) is 15.3. The summed E-state index contributed by atoms with van der Waals surface area (Å²) in [6.07, 6.45) is 8.64. The first kappa shape index (κ1) is 25.1. The number of rotatable bonds is 8. The quantitative estimate of drug-likeness (QED) is 0.412. The second-order valence-electron chi connectivity index (χ2n) is 8.11. The molecule has 32 heavy (non-hydrogen) atoms. The Morgan fingerprint density at radius 3 is 2.56 bits per heavy atom. The van der Waals surface area contributed by atoms with Crippen LogP contribution in [0.3, 0.4) is 0 Å². The molecule has 170 valence electrons. The lowest BCUT2D eigenvalue weighted by molar-refractivity contribution is 0.269. The molecule has 0 aliphatic heterocycles. The SMILES string of the molecule is C=C(C)c1ccc(NC(N/C=C\C)=C(C)C=N/C=C(\C)C2=C(F)C(F)C(C)C=C2)cc1C. The third-order valence-electron chi connectivity index (χ3n) is 5.23. The van der Waals surface area contributed by atoms with E-state index in [-0.39, 0.29) is 5.57 Å². The highest BCUT2D eigenvalue weighted by Crippen LogP contribution is 2.31. The number of aliphatic imine (C=N–C) groups is 1. The summed E-state index contributed by atoms with van der Waals surface area (Å²) in [7, 11) is 0. The fourth-order valence-electron chi connectivity index (χ4n) is 3.30. The smallest absolute Gasteiger partial charge is 0.158 e. The summed E-state index contributed by atoms with van der Waals surface area (Å²) < 4.78 is 28.2. The number of anilines is 1. The van der Waals surface area contributed by atoms with Crippen molar-refractivity contribution in [2.75, 3.05) is 5.32 Å². The van der Waals surface area contributed by atoms with Gasteiger partial charge in [0.15, 0.2) is 6.17 Å². The van der Waals surface area contributed by atoms with Crippen LogP contribution in [0.15, 0.2) is 88.8 Å². The minimum absolute atomic E-state index is 0.257. The Morgan fingerprint density at radius 1 is 1.22 bits per heavy atom. The fourth-order valence-corrected chi connectivity index (χ4v) is 3.30. The molecule has 0 amide bonds. The van der Waals surface area contributed by atoms with E-state index in [2.05, 4.69) is 35.2 Å². The summed E-state index contributed by atoms with van der Waals surface area (Å²) in [4.78, 5) is 4.33. The van der Waals surface area contributed by atoms with Gasteiger partial charge in [0.05, 0.1) is 0 Å². The predicted octanol–water partition coefficient (Wildman–Crippen LogP) is 7.54. The zero-order valence-corrected chi connectivity index (χ0v) is 19.8. The molecule has 1 aliphatic rings. The van der Waals surface area contributed by atoms with Crippen molar-refractivity contribution in [1.29, 1.82) is 0 Å². The van der Waals surface area contributed by atoms with Crippen molar-refractivity contribution in [1.82, 2.24) is 5.32 Å². The van der Waals surface area contributed by atoms with Crippen molar-refractivity contribution in [2.24, 2.45) is 10.9 Å². The predicted molar refractivity (Wildman–Crippen MR) is 134 cm³/mol. The molecule has 0 saturated carbocycles. The molecule has 0 radical (unpaired) electrons. The standard InChI is InChI=1S/C27H33F2N3/c1-8-13-31-27(32-22-10-12-23(17(2)3)19(5)14-22)21(7)16-30-15-20(6)24-11-9-18(4)25(28)26(24)29/h8-16,18,25,31-32H,2H2,1,3-7H3/b13-8-,20-15+,27-21?,30-16?. The Hall–Kier alpha value is -3.21. The zero-order chi connectivity index (χ0) is 23.8. The summed E-state index contributed by atoms with van der Waals surface area (Å²) in [5.74, 6) is -0.428. The van der Waals surface area contributed by atoms with Crippen LogP contribution in [-0.4, -0.2) is 12.4 Å². The fraction of sp³-hybridized carbons (Fsp3) is 0.296. The molecule has 2 unspecified atom stereocenters. The van der Waals surface area contributed by atoms with Gasteiger partial charge >= 0.3 is 0 Å². The van der Waals surface area contributed by atoms with Crippen molar-refractivity contribution in [3.05, 3.63) is 94.9 Å². The van der Waals surface area contributed by atoms with Crippen LogP contribution in [0.4, 0.5) is 14.5 Å².